The number of carbonyl (C=O) groups is 4. The van der Waals surface area contributed by atoms with Gasteiger partial charge in [-0.1, -0.05) is 62.8 Å². The summed E-state index contributed by atoms with van der Waals surface area (Å²) in [7, 11) is 0. The van der Waals surface area contributed by atoms with Crippen LogP contribution in [0.15, 0.2) is 55.6 Å². The summed E-state index contributed by atoms with van der Waals surface area (Å²) in [6.07, 6.45) is 6.57. The molecule has 3 amide bonds. The molecule has 3 aliphatic heterocycles. The van der Waals surface area contributed by atoms with Gasteiger partial charge in [0.15, 0.2) is 0 Å². The maximum absolute atomic E-state index is 14.3. The second-order valence-electron chi connectivity index (χ2n) is 12.0. The Kier molecular flexibility index (Phi) is 11.4. The molecule has 0 aromatic heterocycles. The number of aliphatic hydroxyl groups excluding tert-OH is 1. The summed E-state index contributed by atoms with van der Waals surface area (Å²) in [6, 6.07) is 7.04. The van der Waals surface area contributed by atoms with Crippen molar-refractivity contribution in [3.05, 3.63) is 61.2 Å². The van der Waals surface area contributed by atoms with Crippen LogP contribution in [0.25, 0.3) is 0 Å². The molecule has 2 bridgehead atoms. The quantitative estimate of drug-likeness (QED) is 0.205. The van der Waals surface area contributed by atoms with Gasteiger partial charge in [0.2, 0.25) is 17.7 Å². The highest BCUT2D eigenvalue weighted by molar-refractivity contribution is 5.99. The zero-order chi connectivity index (χ0) is 31.9. The van der Waals surface area contributed by atoms with Crippen LogP contribution in [-0.2, 0) is 28.7 Å². The van der Waals surface area contributed by atoms with E-state index in [-0.39, 0.29) is 37.4 Å². The molecule has 0 radical (unpaired) electrons. The first kappa shape index (κ1) is 33.4. The Bertz CT molecular complexity index is 1200. The van der Waals surface area contributed by atoms with Crippen molar-refractivity contribution in [1.29, 1.82) is 0 Å². The second kappa shape index (κ2) is 15.0. The number of benzene rings is 1. The smallest absolute Gasteiger partial charge is 0.306 e. The lowest BCUT2D eigenvalue weighted by Gasteiger charge is -2.39. The molecular formula is C34H47N3O7. The Morgan fingerprint density at radius 2 is 1.98 bits per heavy atom. The molecule has 240 valence electrons. The molecule has 1 spiro atoms. The Labute approximate surface area is 260 Å². The topological polar surface area (TPSA) is 125 Å². The Hall–Kier alpha value is -3.50. The second-order valence-corrected chi connectivity index (χ2v) is 12.0. The van der Waals surface area contributed by atoms with Gasteiger partial charge < -0.3 is 29.7 Å². The number of amides is 3. The van der Waals surface area contributed by atoms with Gasteiger partial charge in [0, 0.05) is 19.5 Å². The molecule has 7 atom stereocenters. The number of aliphatic hydroxyl groups is 1. The van der Waals surface area contributed by atoms with Crippen LogP contribution in [0.5, 0.6) is 0 Å². The largest absolute Gasteiger partial charge is 0.463 e. The Morgan fingerprint density at radius 1 is 1.23 bits per heavy atom. The van der Waals surface area contributed by atoms with Crippen LogP contribution >= 0.6 is 0 Å². The van der Waals surface area contributed by atoms with Crippen molar-refractivity contribution in [1.82, 2.24) is 15.1 Å². The fourth-order valence-corrected chi connectivity index (χ4v) is 7.09. The normalized spacial score (nSPS) is 26.5. The number of allylic oxidation sites excluding steroid dienone is 1. The third-order valence-corrected chi connectivity index (χ3v) is 9.27. The number of hydrogen-bond donors (Lipinski definition) is 2. The Morgan fingerprint density at radius 3 is 2.61 bits per heavy atom. The maximum Gasteiger partial charge on any atom is 0.306 e. The molecule has 0 unspecified atom stereocenters. The minimum absolute atomic E-state index is 0.0721. The number of esters is 1. The number of likely N-dealkylation sites (tertiary alicyclic amines) is 1. The number of ether oxygens (including phenoxy) is 2. The molecule has 0 aliphatic carbocycles. The average Bonchev–Trinajstić information content (AvgIpc) is 3.68. The van der Waals surface area contributed by atoms with Gasteiger partial charge in [0.25, 0.3) is 0 Å². The highest BCUT2D eigenvalue weighted by Crippen LogP contribution is 2.59. The van der Waals surface area contributed by atoms with E-state index in [0.717, 1.165) is 18.4 Å². The first-order chi connectivity index (χ1) is 21.3. The van der Waals surface area contributed by atoms with Crippen molar-refractivity contribution in [2.75, 3.05) is 26.3 Å². The fraction of sp³-hybridized carbons (Fsp3) is 0.588. The van der Waals surface area contributed by atoms with Crippen LogP contribution in [0.3, 0.4) is 0 Å². The van der Waals surface area contributed by atoms with Gasteiger partial charge in [-0.3, -0.25) is 19.2 Å². The summed E-state index contributed by atoms with van der Waals surface area (Å²) >= 11 is 0. The molecular weight excluding hydrogens is 562 g/mol. The van der Waals surface area contributed by atoms with Crippen LogP contribution in [0.2, 0.25) is 0 Å². The molecule has 3 heterocycles. The molecule has 0 saturated carbocycles. The van der Waals surface area contributed by atoms with Gasteiger partial charge in [0.1, 0.15) is 18.2 Å². The number of nitrogens with zero attached hydrogens (tertiary/aromatic N) is 2. The number of fused-ring (bicyclic) bond motifs is 1. The van der Waals surface area contributed by atoms with Crippen molar-refractivity contribution in [2.45, 2.75) is 88.6 Å². The lowest BCUT2D eigenvalue weighted by Crippen LogP contribution is -2.58. The van der Waals surface area contributed by atoms with E-state index in [1.807, 2.05) is 44.2 Å². The predicted molar refractivity (Wildman–Crippen MR) is 165 cm³/mol. The van der Waals surface area contributed by atoms with E-state index in [4.69, 9.17) is 9.47 Å². The van der Waals surface area contributed by atoms with Crippen molar-refractivity contribution in [2.24, 2.45) is 11.8 Å². The van der Waals surface area contributed by atoms with Crippen molar-refractivity contribution >= 4 is 23.7 Å². The number of rotatable bonds is 17. The van der Waals surface area contributed by atoms with Crippen LogP contribution in [-0.4, -0.2) is 88.7 Å². The third-order valence-electron chi connectivity index (χ3n) is 9.27. The van der Waals surface area contributed by atoms with Gasteiger partial charge in [-0.2, -0.15) is 0 Å². The monoisotopic (exact) mass is 609 g/mol. The highest BCUT2D eigenvalue weighted by atomic mass is 16.5. The summed E-state index contributed by atoms with van der Waals surface area (Å²) in [5.74, 6) is -3.07. The molecule has 3 fully saturated rings. The molecule has 3 aliphatic rings. The average molecular weight is 610 g/mol. The van der Waals surface area contributed by atoms with E-state index < -0.39 is 47.6 Å². The summed E-state index contributed by atoms with van der Waals surface area (Å²) < 4.78 is 12.1. The zero-order valence-corrected chi connectivity index (χ0v) is 26.0. The van der Waals surface area contributed by atoms with Crippen molar-refractivity contribution in [3.8, 4) is 0 Å². The first-order valence-corrected chi connectivity index (χ1v) is 15.9. The minimum Gasteiger partial charge on any atom is -0.463 e. The zero-order valence-electron chi connectivity index (χ0n) is 26.0. The minimum atomic E-state index is -1.17. The number of carbonyl (C=O) groups excluding carboxylic acids is 4. The number of nitrogens with one attached hydrogen (secondary N) is 1. The molecule has 10 nitrogen and oxygen atoms in total. The maximum atomic E-state index is 14.3. The van der Waals surface area contributed by atoms with Crippen LogP contribution < -0.4 is 5.32 Å². The summed E-state index contributed by atoms with van der Waals surface area (Å²) in [5, 5.41) is 13.3. The molecule has 4 rings (SSSR count). The van der Waals surface area contributed by atoms with Crippen LogP contribution in [0.1, 0.15) is 70.4 Å². The molecule has 1 aromatic rings. The highest BCUT2D eigenvalue weighted by Gasteiger charge is 2.75. The van der Waals surface area contributed by atoms with Gasteiger partial charge in [-0.15, -0.1) is 13.2 Å². The molecule has 2 N–H and O–H groups in total. The van der Waals surface area contributed by atoms with E-state index in [2.05, 4.69) is 18.5 Å². The van der Waals surface area contributed by atoms with E-state index in [1.54, 1.807) is 17.1 Å². The van der Waals surface area contributed by atoms with Crippen LogP contribution in [0, 0.1) is 11.8 Å². The van der Waals surface area contributed by atoms with Gasteiger partial charge >= 0.3 is 5.97 Å². The lowest BCUT2D eigenvalue weighted by molar-refractivity contribution is -0.151. The van der Waals surface area contributed by atoms with Crippen molar-refractivity contribution in [3.63, 3.8) is 0 Å². The molecule has 3 saturated heterocycles. The summed E-state index contributed by atoms with van der Waals surface area (Å²) in [6.45, 7) is 11.8. The van der Waals surface area contributed by atoms with Gasteiger partial charge in [0.05, 0.1) is 36.6 Å². The van der Waals surface area contributed by atoms with E-state index in [0.29, 0.717) is 38.8 Å². The summed E-state index contributed by atoms with van der Waals surface area (Å²) in [4.78, 5) is 58.2. The van der Waals surface area contributed by atoms with Gasteiger partial charge in [-0.05, 0) is 37.7 Å². The molecule has 44 heavy (non-hydrogen) atoms. The summed E-state index contributed by atoms with van der Waals surface area (Å²) in [5.41, 5.74) is -0.417. The lowest BCUT2D eigenvalue weighted by atomic mass is 9.70. The third kappa shape index (κ3) is 6.47. The predicted octanol–water partition coefficient (Wildman–Crippen LogP) is 3.31. The SMILES string of the molecule is C=CCCC(=O)OC[C@H](NC(=O)[C@@H]1[C@@H]2CC[C@]3(O2)[C@H](C(=O)N(CC=C)CCCC)N([C@@H](CC)CO)C(=O)[C@@H]13)c1ccccc1. The van der Waals surface area contributed by atoms with Crippen molar-refractivity contribution < 1.29 is 33.8 Å². The Balaban J connectivity index is 1.65. The number of hydrogen-bond acceptors (Lipinski definition) is 7. The molecule has 1 aromatic carbocycles. The standard InChI is InChI=1S/C34H47N3O7/c1-5-9-16-27(39)43-22-25(23-14-12-11-13-15-23)35-31(40)28-26-17-18-34(44-26)29(28)32(41)37(24(8-4)21-38)30(34)33(42)36(19-7-3)20-10-6-2/h5,7,11-15,24-26,28-30,38H,1,3,6,8-10,16-22H2,2,4H3,(H,35,40)/t24-,25-,26-,28+,29+,30-,34+/m0/s1. The molecule has 10 heteroatoms. The van der Waals surface area contributed by atoms with Gasteiger partial charge in [-0.25, -0.2) is 0 Å². The van der Waals surface area contributed by atoms with Crippen LogP contribution in [0.4, 0.5) is 0 Å². The van der Waals surface area contributed by atoms with E-state index >= 15 is 0 Å². The first-order valence-electron chi connectivity index (χ1n) is 15.9. The number of unbranched alkanes of at least 4 members (excludes halogenated alkanes) is 1. The fourth-order valence-electron chi connectivity index (χ4n) is 7.09. The van der Waals surface area contributed by atoms with E-state index in [9.17, 15) is 24.3 Å². The van der Waals surface area contributed by atoms with E-state index in [1.165, 1.54) is 4.90 Å².